The molecule has 1 aromatic carbocycles. The summed E-state index contributed by atoms with van der Waals surface area (Å²) in [6.45, 7) is 3.81. The Kier molecular flexibility index (Phi) is 8.83. The van der Waals surface area contributed by atoms with E-state index in [4.69, 9.17) is 4.74 Å². The van der Waals surface area contributed by atoms with Gasteiger partial charge in [-0.25, -0.2) is 0 Å². The Labute approximate surface area is 201 Å². The number of nitrogens with one attached hydrogen (secondary N) is 2. The van der Waals surface area contributed by atoms with Crippen LogP contribution in [0.25, 0.3) is 0 Å². The summed E-state index contributed by atoms with van der Waals surface area (Å²) in [5.74, 6) is 2.55. The molecule has 5 nitrogen and oxygen atoms in total. The van der Waals surface area contributed by atoms with Gasteiger partial charge in [-0.05, 0) is 67.4 Å². The minimum Gasteiger partial charge on any atom is -0.493 e. The van der Waals surface area contributed by atoms with E-state index in [9.17, 15) is 0 Å². The van der Waals surface area contributed by atoms with E-state index in [1.165, 1.54) is 35.4 Å². The van der Waals surface area contributed by atoms with Gasteiger partial charge >= 0.3 is 0 Å². The first-order chi connectivity index (χ1) is 14.2. The average molecular weight is 541 g/mol. The van der Waals surface area contributed by atoms with Gasteiger partial charge in [0.25, 0.3) is 0 Å². The molecule has 2 N–H and O–H groups in total. The van der Waals surface area contributed by atoms with Crippen LogP contribution < -0.4 is 15.4 Å². The molecule has 0 amide bonds. The Bertz CT molecular complexity index is 827. The molecule has 2 aliphatic heterocycles. The van der Waals surface area contributed by atoms with Crippen molar-refractivity contribution in [1.29, 1.82) is 0 Å². The fourth-order valence-corrected chi connectivity index (χ4v) is 5.53. The van der Waals surface area contributed by atoms with E-state index < -0.39 is 0 Å². The molecular weight excluding hydrogens is 507 g/mol. The second kappa shape index (κ2) is 11.3. The number of thiophene rings is 1. The lowest BCUT2D eigenvalue weighted by Crippen LogP contribution is -2.45. The van der Waals surface area contributed by atoms with Crippen molar-refractivity contribution < 1.29 is 4.74 Å². The van der Waals surface area contributed by atoms with Crippen molar-refractivity contribution >= 4 is 41.3 Å². The third-order valence-electron chi connectivity index (χ3n) is 6.06. The first kappa shape index (κ1) is 23.3. The molecule has 0 radical (unpaired) electrons. The highest BCUT2D eigenvalue weighted by Gasteiger charge is 2.31. The number of rotatable bonds is 6. The molecule has 2 aliphatic rings. The summed E-state index contributed by atoms with van der Waals surface area (Å²) >= 11 is 1.87. The summed E-state index contributed by atoms with van der Waals surface area (Å²) in [5, 5.41) is 9.25. The average Bonchev–Trinajstić information content (AvgIpc) is 3.42. The van der Waals surface area contributed by atoms with E-state index >= 15 is 0 Å². The van der Waals surface area contributed by atoms with E-state index in [-0.39, 0.29) is 24.0 Å². The van der Waals surface area contributed by atoms with Crippen LogP contribution >= 0.6 is 35.3 Å². The van der Waals surface area contributed by atoms with Gasteiger partial charge in [-0.1, -0.05) is 18.2 Å². The second-order valence-electron chi connectivity index (χ2n) is 8.01. The number of hydrogen-bond acceptors (Lipinski definition) is 4. The first-order valence-corrected chi connectivity index (χ1v) is 11.6. The summed E-state index contributed by atoms with van der Waals surface area (Å²) in [6, 6.07) is 11.5. The topological polar surface area (TPSA) is 48.9 Å². The number of guanidine groups is 1. The summed E-state index contributed by atoms with van der Waals surface area (Å²) < 4.78 is 5.60. The summed E-state index contributed by atoms with van der Waals surface area (Å²) in [5.41, 5.74) is 2.69. The van der Waals surface area contributed by atoms with Crippen LogP contribution in [0.2, 0.25) is 0 Å². The third-order valence-corrected chi connectivity index (χ3v) is 7.00. The molecule has 7 heteroatoms. The minimum atomic E-state index is 0. The van der Waals surface area contributed by atoms with Crippen molar-refractivity contribution in [3.8, 4) is 5.75 Å². The summed E-state index contributed by atoms with van der Waals surface area (Å²) in [6.07, 6.45) is 4.53. The number of halogens is 1. The van der Waals surface area contributed by atoms with Gasteiger partial charge in [0.15, 0.2) is 5.96 Å². The quantitative estimate of drug-likeness (QED) is 0.329. The number of piperidine rings is 1. The van der Waals surface area contributed by atoms with Crippen LogP contribution in [-0.4, -0.2) is 51.2 Å². The van der Waals surface area contributed by atoms with Crippen LogP contribution in [-0.2, 0) is 12.8 Å². The fraction of sp³-hybridized carbons (Fsp3) is 0.522. The number of nitrogens with zero attached hydrogens (tertiary/aromatic N) is 2. The zero-order valence-corrected chi connectivity index (χ0v) is 21.0. The molecule has 3 heterocycles. The predicted molar refractivity (Wildman–Crippen MR) is 137 cm³/mol. The second-order valence-corrected chi connectivity index (χ2v) is 8.99. The van der Waals surface area contributed by atoms with Crippen molar-refractivity contribution in [2.24, 2.45) is 10.9 Å². The summed E-state index contributed by atoms with van der Waals surface area (Å²) in [7, 11) is 4.11. The first-order valence-electron chi connectivity index (χ1n) is 10.7. The SMILES string of the molecule is CN=C(NCCc1ccc2c(c1)CCO2)NCC1CCCN(C)C1c1cccs1.I. The molecule has 164 valence electrons. The maximum atomic E-state index is 5.60. The molecule has 1 saturated heterocycles. The van der Waals surface area contributed by atoms with E-state index in [1.807, 2.05) is 18.4 Å². The molecule has 0 bridgehead atoms. The molecule has 2 atom stereocenters. The predicted octanol–water partition coefficient (Wildman–Crippen LogP) is 4.09. The van der Waals surface area contributed by atoms with Crippen LogP contribution in [0.4, 0.5) is 0 Å². The van der Waals surface area contributed by atoms with Crippen molar-refractivity contribution in [3.63, 3.8) is 0 Å². The van der Waals surface area contributed by atoms with Gasteiger partial charge in [-0.3, -0.25) is 9.89 Å². The fourth-order valence-electron chi connectivity index (χ4n) is 4.55. The lowest BCUT2D eigenvalue weighted by molar-refractivity contribution is 0.125. The number of ether oxygens (including phenoxy) is 1. The van der Waals surface area contributed by atoms with E-state index in [0.717, 1.165) is 44.2 Å². The standard InChI is InChI=1S/C23H32N4OS.HI/c1-24-23(25-11-9-17-7-8-20-18(15-17)10-13-28-20)26-16-19-5-3-12-27(2)22(19)21-6-4-14-29-21;/h4,6-8,14-15,19,22H,3,5,9-13,16H2,1-2H3,(H2,24,25,26);1H. The zero-order valence-electron chi connectivity index (χ0n) is 17.9. The van der Waals surface area contributed by atoms with E-state index in [2.05, 4.69) is 63.3 Å². The Morgan fingerprint density at radius 3 is 3.00 bits per heavy atom. The monoisotopic (exact) mass is 540 g/mol. The molecule has 0 aliphatic carbocycles. The van der Waals surface area contributed by atoms with Crippen molar-refractivity contribution in [2.75, 3.05) is 40.3 Å². The molecule has 1 fully saturated rings. The normalized spacial score (nSPS) is 21.5. The lowest BCUT2D eigenvalue weighted by atomic mass is 9.88. The van der Waals surface area contributed by atoms with Gasteiger partial charge in [0.1, 0.15) is 5.75 Å². The molecule has 30 heavy (non-hydrogen) atoms. The third kappa shape index (κ3) is 5.68. The van der Waals surface area contributed by atoms with Gasteiger partial charge in [0.2, 0.25) is 0 Å². The minimum absolute atomic E-state index is 0. The van der Waals surface area contributed by atoms with Gasteiger partial charge in [-0.2, -0.15) is 0 Å². The molecular formula is C23H33IN4OS. The van der Waals surface area contributed by atoms with Gasteiger partial charge in [0, 0.05) is 37.5 Å². The Morgan fingerprint density at radius 2 is 2.20 bits per heavy atom. The molecule has 0 spiro atoms. The Morgan fingerprint density at radius 1 is 1.30 bits per heavy atom. The van der Waals surface area contributed by atoms with Crippen LogP contribution in [0, 0.1) is 5.92 Å². The number of aliphatic imine (C=N–C) groups is 1. The lowest BCUT2D eigenvalue weighted by Gasteiger charge is -2.39. The largest absolute Gasteiger partial charge is 0.493 e. The van der Waals surface area contributed by atoms with E-state index in [0.29, 0.717) is 12.0 Å². The van der Waals surface area contributed by atoms with Crippen LogP contribution in [0.1, 0.15) is 34.9 Å². The number of likely N-dealkylation sites (tertiary alicyclic amines) is 1. The van der Waals surface area contributed by atoms with Crippen LogP contribution in [0.5, 0.6) is 5.75 Å². The Hall–Kier alpha value is -1.32. The van der Waals surface area contributed by atoms with Gasteiger partial charge in [-0.15, -0.1) is 35.3 Å². The van der Waals surface area contributed by atoms with Crippen molar-refractivity contribution in [1.82, 2.24) is 15.5 Å². The Balaban J connectivity index is 0.00000256. The molecule has 0 saturated carbocycles. The molecule has 4 rings (SSSR count). The van der Waals surface area contributed by atoms with Crippen molar-refractivity contribution in [3.05, 3.63) is 51.7 Å². The molecule has 2 unspecified atom stereocenters. The molecule has 1 aromatic heterocycles. The van der Waals surface area contributed by atoms with E-state index in [1.54, 1.807) is 0 Å². The van der Waals surface area contributed by atoms with Crippen LogP contribution in [0.3, 0.4) is 0 Å². The van der Waals surface area contributed by atoms with Crippen LogP contribution in [0.15, 0.2) is 40.7 Å². The number of hydrogen-bond donors (Lipinski definition) is 2. The van der Waals surface area contributed by atoms with Crippen molar-refractivity contribution in [2.45, 2.75) is 31.7 Å². The highest BCUT2D eigenvalue weighted by molar-refractivity contribution is 14.0. The maximum absolute atomic E-state index is 5.60. The maximum Gasteiger partial charge on any atom is 0.190 e. The smallest absolute Gasteiger partial charge is 0.190 e. The number of fused-ring (bicyclic) bond motifs is 1. The molecule has 2 aromatic rings. The highest BCUT2D eigenvalue weighted by Crippen LogP contribution is 2.36. The number of benzene rings is 1. The van der Waals surface area contributed by atoms with Gasteiger partial charge in [0.05, 0.1) is 6.61 Å². The van der Waals surface area contributed by atoms with Gasteiger partial charge < -0.3 is 15.4 Å². The summed E-state index contributed by atoms with van der Waals surface area (Å²) in [4.78, 5) is 8.42. The zero-order chi connectivity index (χ0) is 20.1. The highest BCUT2D eigenvalue weighted by atomic mass is 127.